The molecule has 0 saturated heterocycles. The van der Waals surface area contributed by atoms with E-state index in [1.54, 1.807) is 0 Å². The molecule has 0 bridgehead atoms. The summed E-state index contributed by atoms with van der Waals surface area (Å²) in [6, 6.07) is 22.4. The molecule has 70 valence electrons. The van der Waals surface area contributed by atoms with Crippen LogP contribution in [0, 0.1) is 12.1 Å². The maximum Gasteiger partial charge on any atom is 1.00 e. The van der Waals surface area contributed by atoms with Gasteiger partial charge in [0, 0.05) is 0 Å². The molecule has 2 rings (SSSR count). The summed E-state index contributed by atoms with van der Waals surface area (Å²) in [4.78, 5) is 0. The summed E-state index contributed by atoms with van der Waals surface area (Å²) >= 11 is 0. The van der Waals surface area contributed by atoms with Crippen molar-refractivity contribution in [1.29, 1.82) is 0 Å². The van der Waals surface area contributed by atoms with Crippen LogP contribution in [0.15, 0.2) is 48.5 Å². The normalized spacial score (nSPS) is 8.75. The third kappa shape index (κ3) is 5.11. The zero-order chi connectivity index (χ0) is 9.64. The van der Waals surface area contributed by atoms with Crippen molar-refractivity contribution in [3.05, 3.63) is 71.8 Å². The first-order valence-electron chi connectivity index (χ1n) is 4.85. The van der Waals surface area contributed by atoms with Gasteiger partial charge in [-0.25, -0.2) is 0 Å². The van der Waals surface area contributed by atoms with E-state index in [1.807, 2.05) is 24.3 Å². The molecular formula is C14H12Li2. The fraction of sp³-hybridized carbons (Fsp3) is 0.143. The Bertz CT molecular complexity index is 331. The zero-order valence-electron chi connectivity index (χ0n) is 10.0. The van der Waals surface area contributed by atoms with Crippen molar-refractivity contribution in [2.75, 3.05) is 0 Å². The molecule has 0 heterocycles. The number of rotatable bonds is 3. The van der Waals surface area contributed by atoms with Crippen LogP contribution in [-0.2, 0) is 12.8 Å². The van der Waals surface area contributed by atoms with Gasteiger partial charge >= 0.3 is 37.7 Å². The first kappa shape index (κ1) is 15.6. The molecular weight excluding hydrogens is 182 g/mol. The van der Waals surface area contributed by atoms with E-state index in [1.165, 1.54) is 11.1 Å². The van der Waals surface area contributed by atoms with Gasteiger partial charge in [-0.05, 0) is 12.8 Å². The molecule has 2 aromatic carbocycles. The first-order chi connectivity index (χ1) is 6.95. The van der Waals surface area contributed by atoms with Gasteiger partial charge in [-0.15, -0.1) is 0 Å². The Labute approximate surface area is 122 Å². The third-order valence-corrected chi connectivity index (χ3v) is 2.28. The van der Waals surface area contributed by atoms with Crippen LogP contribution in [0.4, 0.5) is 0 Å². The average Bonchev–Trinajstić information content (AvgIpc) is 2.29. The van der Waals surface area contributed by atoms with Gasteiger partial charge in [-0.1, -0.05) is 0 Å². The summed E-state index contributed by atoms with van der Waals surface area (Å²) in [6.45, 7) is 0. The number of benzene rings is 2. The van der Waals surface area contributed by atoms with Gasteiger partial charge in [-0.2, -0.15) is 71.8 Å². The molecule has 0 aliphatic rings. The van der Waals surface area contributed by atoms with Crippen LogP contribution in [0.25, 0.3) is 0 Å². The standard InChI is InChI=1S/C14H12.2Li/c1-3-7-13(8-4-1)11-12-14-9-5-2-6-10-14;;/h3-10H,11-12H2;;/q-2;2*+1. The molecule has 0 nitrogen and oxygen atoms in total. The Morgan fingerprint density at radius 3 is 1.25 bits per heavy atom. The zero-order valence-corrected chi connectivity index (χ0v) is 10.0. The Hall–Kier alpha value is -0.365. The summed E-state index contributed by atoms with van der Waals surface area (Å²) in [5.41, 5.74) is 2.74. The number of aryl methyl sites for hydroxylation is 2. The van der Waals surface area contributed by atoms with Crippen LogP contribution >= 0.6 is 0 Å². The summed E-state index contributed by atoms with van der Waals surface area (Å²) in [6.07, 6.45) is 2.19. The van der Waals surface area contributed by atoms with E-state index in [-0.39, 0.29) is 37.7 Å². The summed E-state index contributed by atoms with van der Waals surface area (Å²) in [7, 11) is 0. The van der Waals surface area contributed by atoms with Crippen molar-refractivity contribution in [2.24, 2.45) is 0 Å². The van der Waals surface area contributed by atoms with Crippen LogP contribution < -0.4 is 37.7 Å². The molecule has 0 radical (unpaired) electrons. The third-order valence-electron chi connectivity index (χ3n) is 2.28. The second kappa shape index (κ2) is 8.75. The minimum absolute atomic E-state index is 0. The predicted molar refractivity (Wildman–Crippen MR) is 58.0 cm³/mol. The molecule has 0 saturated carbocycles. The SMILES string of the molecule is [Li+].[Li+].[c-]1ccc(CCc2cc[c-]cc2)cc1. The van der Waals surface area contributed by atoms with E-state index in [0.717, 1.165) is 12.8 Å². The molecule has 2 aromatic rings. The molecule has 0 atom stereocenters. The first-order valence-corrected chi connectivity index (χ1v) is 4.85. The maximum absolute atomic E-state index is 3.03. The molecule has 0 aromatic heterocycles. The Morgan fingerprint density at radius 1 is 0.625 bits per heavy atom. The van der Waals surface area contributed by atoms with Crippen molar-refractivity contribution in [3.8, 4) is 0 Å². The molecule has 0 aliphatic carbocycles. The maximum atomic E-state index is 3.03. The molecule has 0 N–H and O–H groups in total. The van der Waals surface area contributed by atoms with Gasteiger partial charge in [0.25, 0.3) is 0 Å². The quantitative estimate of drug-likeness (QED) is 0.363. The van der Waals surface area contributed by atoms with Crippen molar-refractivity contribution >= 4 is 0 Å². The van der Waals surface area contributed by atoms with Crippen LogP contribution in [0.1, 0.15) is 11.1 Å². The smallest absolute Gasteiger partial charge is 0.184 e. The molecule has 2 heteroatoms. The molecule has 0 unspecified atom stereocenters. The fourth-order valence-corrected chi connectivity index (χ4v) is 1.46. The van der Waals surface area contributed by atoms with E-state index in [9.17, 15) is 0 Å². The van der Waals surface area contributed by atoms with E-state index in [2.05, 4.69) is 36.4 Å². The Kier molecular flexibility index (Phi) is 8.55. The average molecular weight is 194 g/mol. The topological polar surface area (TPSA) is 0 Å². The van der Waals surface area contributed by atoms with Crippen LogP contribution in [-0.4, -0.2) is 0 Å². The van der Waals surface area contributed by atoms with Crippen molar-refractivity contribution < 1.29 is 37.7 Å². The molecule has 0 amide bonds. The van der Waals surface area contributed by atoms with Crippen molar-refractivity contribution in [2.45, 2.75) is 12.8 Å². The van der Waals surface area contributed by atoms with Crippen LogP contribution in [0.3, 0.4) is 0 Å². The van der Waals surface area contributed by atoms with E-state index in [4.69, 9.17) is 0 Å². The summed E-state index contributed by atoms with van der Waals surface area (Å²) in [5.74, 6) is 0. The largest absolute Gasteiger partial charge is 1.00 e. The van der Waals surface area contributed by atoms with E-state index < -0.39 is 0 Å². The fourth-order valence-electron chi connectivity index (χ4n) is 1.46. The van der Waals surface area contributed by atoms with Crippen LogP contribution in [0.5, 0.6) is 0 Å². The summed E-state index contributed by atoms with van der Waals surface area (Å²) in [5, 5.41) is 0. The number of hydrogen-bond acceptors (Lipinski definition) is 0. The second-order valence-electron chi connectivity index (χ2n) is 3.32. The Morgan fingerprint density at radius 2 is 0.938 bits per heavy atom. The van der Waals surface area contributed by atoms with Gasteiger partial charge in [0.2, 0.25) is 0 Å². The van der Waals surface area contributed by atoms with Crippen molar-refractivity contribution in [3.63, 3.8) is 0 Å². The van der Waals surface area contributed by atoms with Gasteiger partial charge in [0.05, 0.1) is 0 Å². The summed E-state index contributed by atoms with van der Waals surface area (Å²) < 4.78 is 0. The molecule has 0 aliphatic heterocycles. The molecule has 0 spiro atoms. The number of hydrogen-bond donors (Lipinski definition) is 0. The van der Waals surface area contributed by atoms with Gasteiger partial charge in [0.1, 0.15) is 0 Å². The monoisotopic (exact) mass is 194 g/mol. The molecule has 16 heavy (non-hydrogen) atoms. The van der Waals surface area contributed by atoms with Gasteiger partial charge in [0.15, 0.2) is 0 Å². The van der Waals surface area contributed by atoms with E-state index in [0.29, 0.717) is 0 Å². The second-order valence-corrected chi connectivity index (χ2v) is 3.32. The Balaban J connectivity index is 0.00000112. The predicted octanol–water partition coefficient (Wildman–Crippen LogP) is -2.92. The minimum Gasteiger partial charge on any atom is -0.184 e. The minimum atomic E-state index is 0. The molecule has 0 fully saturated rings. The van der Waals surface area contributed by atoms with Gasteiger partial charge in [-0.3, -0.25) is 0 Å². The van der Waals surface area contributed by atoms with Crippen molar-refractivity contribution in [1.82, 2.24) is 0 Å². The van der Waals surface area contributed by atoms with Gasteiger partial charge < -0.3 is 0 Å². The van der Waals surface area contributed by atoms with E-state index >= 15 is 0 Å². The van der Waals surface area contributed by atoms with Crippen LogP contribution in [0.2, 0.25) is 0 Å².